The summed E-state index contributed by atoms with van der Waals surface area (Å²) in [6.07, 6.45) is 0.502. The molecule has 0 unspecified atom stereocenters. The zero-order valence-corrected chi connectivity index (χ0v) is 16.8. The fourth-order valence-electron chi connectivity index (χ4n) is 3.01. The van der Waals surface area contributed by atoms with Crippen molar-refractivity contribution in [1.82, 2.24) is 14.5 Å². The van der Waals surface area contributed by atoms with Gasteiger partial charge in [0, 0.05) is 18.7 Å². The van der Waals surface area contributed by atoms with Crippen LogP contribution in [0.1, 0.15) is 43.3 Å². The first kappa shape index (κ1) is 18.0. The van der Waals surface area contributed by atoms with Gasteiger partial charge in [-0.2, -0.15) is 0 Å². The summed E-state index contributed by atoms with van der Waals surface area (Å²) in [5.41, 5.74) is 4.19. The fraction of sp³-hybridized carbons (Fsp3) is 0.474. The minimum absolute atomic E-state index is 0.275. The topological polar surface area (TPSA) is 47.4 Å². The van der Waals surface area contributed by atoms with E-state index in [0.29, 0.717) is 13.1 Å². The van der Waals surface area contributed by atoms with Crippen molar-refractivity contribution in [3.63, 3.8) is 0 Å². The molecule has 0 atom stereocenters. The Morgan fingerprint density at radius 1 is 1.32 bits per heavy atom. The number of carbonyl (C=O) groups is 1. The van der Waals surface area contributed by atoms with Crippen molar-refractivity contribution in [2.75, 3.05) is 6.54 Å². The number of hydrogen-bond acceptors (Lipinski definition) is 3. The van der Waals surface area contributed by atoms with Crippen molar-refractivity contribution >= 4 is 22.0 Å². The Labute approximate surface area is 157 Å². The minimum atomic E-state index is -0.484. The van der Waals surface area contributed by atoms with Gasteiger partial charge in [0.05, 0.1) is 18.8 Å². The van der Waals surface area contributed by atoms with Crippen LogP contribution in [-0.2, 0) is 24.2 Å². The van der Waals surface area contributed by atoms with Crippen LogP contribution >= 0.6 is 15.9 Å². The first-order valence-corrected chi connectivity index (χ1v) is 9.30. The summed E-state index contributed by atoms with van der Waals surface area (Å²) in [5.74, 6) is 0. The number of ether oxygens (including phenoxy) is 1. The fourth-order valence-corrected chi connectivity index (χ4v) is 3.56. The molecule has 0 N–H and O–H groups in total. The molecule has 2 heterocycles. The van der Waals surface area contributed by atoms with E-state index in [9.17, 15) is 4.79 Å². The molecule has 0 saturated carbocycles. The maximum atomic E-state index is 12.3. The summed E-state index contributed by atoms with van der Waals surface area (Å²) in [5, 5.41) is 0. The molecule has 1 amide bonds. The number of halogens is 1. The Bertz CT molecular complexity index is 792. The second-order valence-electron chi connectivity index (χ2n) is 7.44. The highest BCUT2D eigenvalue weighted by molar-refractivity contribution is 9.10. The highest BCUT2D eigenvalue weighted by atomic mass is 79.9. The SMILES string of the molecule is Cc1ccccc1Cn1c(Br)nc2c1CCN(C(=O)OC(C)(C)C)C2. The van der Waals surface area contributed by atoms with Gasteiger partial charge in [-0.3, -0.25) is 0 Å². The highest BCUT2D eigenvalue weighted by Gasteiger charge is 2.29. The highest BCUT2D eigenvalue weighted by Crippen LogP contribution is 2.26. The molecule has 1 aromatic carbocycles. The lowest BCUT2D eigenvalue weighted by molar-refractivity contribution is 0.0220. The number of rotatable bonds is 2. The lowest BCUT2D eigenvalue weighted by atomic mass is 10.1. The third kappa shape index (κ3) is 4.06. The zero-order valence-electron chi connectivity index (χ0n) is 15.2. The van der Waals surface area contributed by atoms with Crippen LogP contribution in [0.15, 0.2) is 29.0 Å². The molecule has 1 aliphatic heterocycles. The zero-order chi connectivity index (χ0) is 18.2. The number of aryl methyl sites for hydroxylation is 1. The second-order valence-corrected chi connectivity index (χ2v) is 8.15. The molecule has 0 aliphatic carbocycles. The van der Waals surface area contributed by atoms with Gasteiger partial charge in [-0.15, -0.1) is 0 Å². The monoisotopic (exact) mass is 405 g/mol. The number of aromatic nitrogens is 2. The van der Waals surface area contributed by atoms with E-state index in [4.69, 9.17) is 4.74 Å². The Morgan fingerprint density at radius 2 is 2.04 bits per heavy atom. The molecule has 25 heavy (non-hydrogen) atoms. The average molecular weight is 406 g/mol. The normalized spacial score (nSPS) is 14.4. The lowest BCUT2D eigenvalue weighted by Gasteiger charge is -2.30. The van der Waals surface area contributed by atoms with Gasteiger partial charge in [-0.05, 0) is 54.8 Å². The molecule has 1 aliphatic rings. The van der Waals surface area contributed by atoms with Crippen molar-refractivity contribution in [2.45, 2.75) is 52.8 Å². The van der Waals surface area contributed by atoms with Crippen molar-refractivity contribution in [3.8, 4) is 0 Å². The van der Waals surface area contributed by atoms with E-state index >= 15 is 0 Å². The molecule has 0 spiro atoms. The maximum Gasteiger partial charge on any atom is 0.410 e. The van der Waals surface area contributed by atoms with Gasteiger partial charge in [-0.1, -0.05) is 24.3 Å². The van der Waals surface area contributed by atoms with Crippen molar-refractivity contribution in [1.29, 1.82) is 0 Å². The number of benzene rings is 1. The number of imidazole rings is 1. The van der Waals surface area contributed by atoms with Crippen LogP contribution in [0.4, 0.5) is 4.79 Å². The van der Waals surface area contributed by atoms with Gasteiger partial charge in [-0.25, -0.2) is 9.78 Å². The molecular formula is C19H24BrN3O2. The van der Waals surface area contributed by atoms with Crippen molar-refractivity contribution < 1.29 is 9.53 Å². The summed E-state index contributed by atoms with van der Waals surface area (Å²) < 4.78 is 8.49. The first-order chi connectivity index (χ1) is 11.7. The first-order valence-electron chi connectivity index (χ1n) is 8.51. The van der Waals surface area contributed by atoms with Crippen LogP contribution in [0, 0.1) is 6.92 Å². The van der Waals surface area contributed by atoms with E-state index in [-0.39, 0.29) is 6.09 Å². The molecule has 0 bridgehead atoms. The molecule has 6 heteroatoms. The summed E-state index contributed by atoms with van der Waals surface area (Å²) in [7, 11) is 0. The van der Waals surface area contributed by atoms with Gasteiger partial charge < -0.3 is 14.2 Å². The Balaban J connectivity index is 1.80. The number of carbonyl (C=O) groups excluding carboxylic acids is 1. The van der Waals surface area contributed by atoms with Gasteiger partial charge in [0.1, 0.15) is 5.60 Å². The van der Waals surface area contributed by atoms with E-state index in [1.54, 1.807) is 4.90 Å². The molecule has 134 valence electrons. The number of hydrogen-bond donors (Lipinski definition) is 0. The van der Waals surface area contributed by atoms with Gasteiger partial charge in [0.15, 0.2) is 4.73 Å². The third-order valence-corrected chi connectivity index (χ3v) is 4.91. The molecule has 2 aromatic rings. The Morgan fingerprint density at radius 3 is 2.72 bits per heavy atom. The molecule has 0 radical (unpaired) electrons. The molecule has 0 saturated heterocycles. The summed E-state index contributed by atoms with van der Waals surface area (Å²) in [6, 6.07) is 8.38. The predicted octanol–water partition coefficient (Wildman–Crippen LogP) is 4.30. The van der Waals surface area contributed by atoms with Crippen LogP contribution < -0.4 is 0 Å². The van der Waals surface area contributed by atoms with Gasteiger partial charge in [0.25, 0.3) is 0 Å². The molecule has 3 rings (SSSR count). The molecule has 5 nitrogen and oxygen atoms in total. The van der Waals surface area contributed by atoms with Crippen LogP contribution in [0.25, 0.3) is 0 Å². The van der Waals surface area contributed by atoms with E-state index < -0.39 is 5.60 Å². The lowest BCUT2D eigenvalue weighted by Crippen LogP contribution is -2.40. The van der Waals surface area contributed by atoms with Crippen molar-refractivity contribution in [2.24, 2.45) is 0 Å². The average Bonchev–Trinajstić information content (AvgIpc) is 2.83. The van der Waals surface area contributed by atoms with Crippen molar-refractivity contribution in [3.05, 3.63) is 51.5 Å². The van der Waals surface area contributed by atoms with E-state index in [1.807, 2.05) is 20.8 Å². The quantitative estimate of drug-likeness (QED) is 0.748. The number of fused-ring (bicyclic) bond motifs is 1. The summed E-state index contributed by atoms with van der Waals surface area (Å²) in [6.45, 7) is 9.69. The largest absolute Gasteiger partial charge is 0.444 e. The van der Waals surface area contributed by atoms with Crippen LogP contribution in [-0.4, -0.2) is 32.7 Å². The number of amides is 1. The van der Waals surface area contributed by atoms with E-state index in [1.165, 1.54) is 16.8 Å². The Kier molecular flexibility index (Phi) is 4.91. The molecule has 0 fully saturated rings. The van der Waals surface area contributed by atoms with Crippen LogP contribution in [0.5, 0.6) is 0 Å². The summed E-state index contributed by atoms with van der Waals surface area (Å²) in [4.78, 5) is 18.7. The molecular weight excluding hydrogens is 382 g/mol. The van der Waals surface area contributed by atoms with Crippen LogP contribution in [0.2, 0.25) is 0 Å². The number of nitrogens with zero attached hydrogens (tertiary/aromatic N) is 3. The standard InChI is InChI=1S/C19H24BrN3O2/c1-13-7-5-6-8-14(13)11-23-16-9-10-22(12-15(16)21-17(23)20)18(24)25-19(2,3)4/h5-8H,9-12H2,1-4H3. The van der Waals surface area contributed by atoms with Gasteiger partial charge in [0.2, 0.25) is 0 Å². The predicted molar refractivity (Wildman–Crippen MR) is 101 cm³/mol. The third-order valence-electron chi connectivity index (χ3n) is 4.31. The smallest absolute Gasteiger partial charge is 0.410 e. The second kappa shape index (κ2) is 6.83. The van der Waals surface area contributed by atoms with Crippen LogP contribution in [0.3, 0.4) is 0 Å². The van der Waals surface area contributed by atoms with Gasteiger partial charge >= 0.3 is 6.09 Å². The molecule has 1 aromatic heterocycles. The van der Waals surface area contributed by atoms with E-state index in [0.717, 1.165) is 23.4 Å². The summed E-state index contributed by atoms with van der Waals surface area (Å²) >= 11 is 3.58. The maximum absolute atomic E-state index is 12.3. The Hall–Kier alpha value is -1.82. The minimum Gasteiger partial charge on any atom is -0.444 e. The van der Waals surface area contributed by atoms with E-state index in [2.05, 4.69) is 56.7 Å².